The van der Waals surface area contributed by atoms with Crippen molar-refractivity contribution in [2.24, 2.45) is 0 Å². The molecule has 2 amide bonds. The molecule has 6 heteroatoms. The molecule has 2 aromatic carbocycles. The fourth-order valence-corrected chi connectivity index (χ4v) is 2.12. The lowest BCUT2D eigenvalue weighted by atomic mass is 10.3. The lowest BCUT2D eigenvalue weighted by Crippen LogP contribution is -2.11. The molecule has 126 valence electrons. The van der Waals surface area contributed by atoms with Crippen LogP contribution in [0.15, 0.2) is 71.1 Å². The summed E-state index contributed by atoms with van der Waals surface area (Å²) in [6.07, 6.45) is 0. The third kappa shape index (κ3) is 4.48. The van der Waals surface area contributed by atoms with Crippen LogP contribution in [0.25, 0.3) is 0 Å². The van der Waals surface area contributed by atoms with Gasteiger partial charge in [-0.3, -0.25) is 14.9 Å². The Morgan fingerprint density at radius 1 is 0.840 bits per heavy atom. The number of rotatable bonds is 5. The van der Waals surface area contributed by atoms with Gasteiger partial charge in [0, 0.05) is 18.7 Å². The first-order valence-corrected chi connectivity index (χ1v) is 7.62. The SMILES string of the molecule is CC(=O)Nc1ccc(C(=O)Nc2ccc(Oc3ccccc3)cc2)o1. The molecule has 0 atom stereocenters. The highest BCUT2D eigenvalue weighted by Gasteiger charge is 2.12. The normalized spacial score (nSPS) is 10.1. The molecule has 0 unspecified atom stereocenters. The predicted molar refractivity (Wildman–Crippen MR) is 93.9 cm³/mol. The number of para-hydroxylation sites is 1. The number of hydrogen-bond donors (Lipinski definition) is 2. The van der Waals surface area contributed by atoms with E-state index >= 15 is 0 Å². The molecule has 0 aliphatic rings. The van der Waals surface area contributed by atoms with Crippen molar-refractivity contribution in [3.63, 3.8) is 0 Å². The Balaban J connectivity index is 1.62. The highest BCUT2D eigenvalue weighted by Crippen LogP contribution is 2.23. The molecule has 0 aliphatic carbocycles. The van der Waals surface area contributed by atoms with Crippen molar-refractivity contribution in [1.29, 1.82) is 0 Å². The summed E-state index contributed by atoms with van der Waals surface area (Å²) >= 11 is 0. The fourth-order valence-electron chi connectivity index (χ4n) is 2.12. The molecule has 25 heavy (non-hydrogen) atoms. The van der Waals surface area contributed by atoms with Crippen molar-refractivity contribution in [2.45, 2.75) is 6.92 Å². The third-order valence-electron chi connectivity index (χ3n) is 3.22. The van der Waals surface area contributed by atoms with Crippen LogP contribution in [-0.2, 0) is 4.79 Å². The molecule has 3 aromatic rings. The number of carbonyl (C=O) groups is 2. The summed E-state index contributed by atoms with van der Waals surface area (Å²) in [6, 6.07) is 19.4. The summed E-state index contributed by atoms with van der Waals surface area (Å²) in [4.78, 5) is 23.1. The van der Waals surface area contributed by atoms with Gasteiger partial charge in [0.15, 0.2) is 11.6 Å². The zero-order valence-electron chi connectivity index (χ0n) is 13.5. The van der Waals surface area contributed by atoms with Crippen LogP contribution in [0, 0.1) is 0 Å². The number of anilines is 2. The van der Waals surface area contributed by atoms with Gasteiger partial charge in [-0.15, -0.1) is 0 Å². The first-order valence-electron chi connectivity index (χ1n) is 7.62. The van der Waals surface area contributed by atoms with Gasteiger partial charge >= 0.3 is 0 Å². The molecule has 2 N–H and O–H groups in total. The minimum absolute atomic E-state index is 0.105. The van der Waals surface area contributed by atoms with E-state index in [1.807, 2.05) is 30.3 Å². The van der Waals surface area contributed by atoms with Crippen LogP contribution in [-0.4, -0.2) is 11.8 Å². The molecule has 0 aliphatic heterocycles. The van der Waals surface area contributed by atoms with Crippen LogP contribution < -0.4 is 15.4 Å². The smallest absolute Gasteiger partial charge is 0.291 e. The molecular weight excluding hydrogens is 320 g/mol. The van der Waals surface area contributed by atoms with Crippen LogP contribution in [0.3, 0.4) is 0 Å². The summed E-state index contributed by atoms with van der Waals surface area (Å²) in [7, 11) is 0. The van der Waals surface area contributed by atoms with E-state index in [1.54, 1.807) is 24.3 Å². The number of amides is 2. The van der Waals surface area contributed by atoms with Crippen molar-refractivity contribution in [2.75, 3.05) is 10.6 Å². The van der Waals surface area contributed by atoms with Gasteiger partial charge in [-0.1, -0.05) is 18.2 Å². The molecule has 1 heterocycles. The number of ether oxygens (including phenoxy) is 1. The number of furan rings is 1. The van der Waals surface area contributed by atoms with Gasteiger partial charge in [0.25, 0.3) is 5.91 Å². The van der Waals surface area contributed by atoms with Crippen molar-refractivity contribution >= 4 is 23.4 Å². The summed E-state index contributed by atoms with van der Waals surface area (Å²) in [5.41, 5.74) is 0.600. The van der Waals surface area contributed by atoms with E-state index in [-0.39, 0.29) is 17.6 Å². The molecule has 1 aromatic heterocycles. The third-order valence-corrected chi connectivity index (χ3v) is 3.22. The molecular formula is C19H16N2O4. The second-order valence-electron chi connectivity index (χ2n) is 5.24. The average molecular weight is 336 g/mol. The number of hydrogen-bond acceptors (Lipinski definition) is 4. The van der Waals surface area contributed by atoms with Crippen LogP contribution in [0.4, 0.5) is 11.6 Å². The molecule has 0 fully saturated rings. The highest BCUT2D eigenvalue weighted by atomic mass is 16.5. The quantitative estimate of drug-likeness (QED) is 0.728. The summed E-state index contributed by atoms with van der Waals surface area (Å²) < 4.78 is 11.0. The number of nitrogens with one attached hydrogen (secondary N) is 2. The molecule has 0 spiro atoms. The Bertz CT molecular complexity index is 870. The predicted octanol–water partition coefficient (Wildman–Crippen LogP) is 4.28. The van der Waals surface area contributed by atoms with E-state index in [0.717, 1.165) is 5.75 Å². The van der Waals surface area contributed by atoms with Gasteiger partial charge in [-0.25, -0.2) is 0 Å². The summed E-state index contributed by atoms with van der Waals surface area (Å²) in [5.74, 6) is 1.05. The maximum atomic E-state index is 12.1. The van der Waals surface area contributed by atoms with E-state index in [2.05, 4.69) is 10.6 Å². The van der Waals surface area contributed by atoms with E-state index in [1.165, 1.54) is 19.1 Å². The first-order chi connectivity index (χ1) is 12.1. The minimum atomic E-state index is -0.409. The van der Waals surface area contributed by atoms with Crippen molar-refractivity contribution in [1.82, 2.24) is 0 Å². The molecule has 0 radical (unpaired) electrons. The minimum Gasteiger partial charge on any atom is -0.457 e. The van der Waals surface area contributed by atoms with Crippen molar-refractivity contribution in [3.8, 4) is 11.5 Å². The van der Waals surface area contributed by atoms with Gasteiger partial charge in [0.05, 0.1) is 0 Å². The molecule has 0 saturated carbocycles. The van der Waals surface area contributed by atoms with Gasteiger partial charge in [0.2, 0.25) is 5.91 Å². The average Bonchev–Trinajstić information content (AvgIpc) is 3.05. The van der Waals surface area contributed by atoms with Gasteiger partial charge < -0.3 is 14.5 Å². The Kier molecular flexibility index (Phi) is 4.80. The Morgan fingerprint density at radius 2 is 1.52 bits per heavy atom. The lowest BCUT2D eigenvalue weighted by molar-refractivity contribution is -0.114. The zero-order valence-corrected chi connectivity index (χ0v) is 13.5. The first kappa shape index (κ1) is 16.3. The van der Waals surface area contributed by atoms with Crippen molar-refractivity contribution < 1.29 is 18.7 Å². The largest absolute Gasteiger partial charge is 0.457 e. The lowest BCUT2D eigenvalue weighted by Gasteiger charge is -2.07. The molecule has 0 saturated heterocycles. The monoisotopic (exact) mass is 336 g/mol. The number of benzene rings is 2. The van der Waals surface area contributed by atoms with Gasteiger partial charge in [-0.05, 0) is 42.5 Å². The second-order valence-corrected chi connectivity index (χ2v) is 5.24. The maximum absolute atomic E-state index is 12.1. The van der Waals surface area contributed by atoms with Gasteiger partial charge in [-0.2, -0.15) is 0 Å². The Hall–Kier alpha value is -3.54. The summed E-state index contributed by atoms with van der Waals surface area (Å²) in [6.45, 7) is 1.36. The van der Waals surface area contributed by atoms with Crippen molar-refractivity contribution in [3.05, 3.63) is 72.5 Å². The van der Waals surface area contributed by atoms with E-state index in [0.29, 0.717) is 11.4 Å². The van der Waals surface area contributed by atoms with Gasteiger partial charge in [0.1, 0.15) is 11.5 Å². The molecule has 3 rings (SSSR count). The van der Waals surface area contributed by atoms with Crippen LogP contribution in [0.5, 0.6) is 11.5 Å². The zero-order chi connectivity index (χ0) is 17.6. The van der Waals surface area contributed by atoms with Crippen LogP contribution in [0.1, 0.15) is 17.5 Å². The topological polar surface area (TPSA) is 80.6 Å². The fraction of sp³-hybridized carbons (Fsp3) is 0.0526. The summed E-state index contributed by atoms with van der Waals surface area (Å²) in [5, 5.41) is 5.19. The second kappa shape index (κ2) is 7.35. The Morgan fingerprint density at radius 3 is 2.20 bits per heavy atom. The van der Waals surface area contributed by atoms with E-state index in [9.17, 15) is 9.59 Å². The standard InChI is InChI=1S/C19H16N2O4/c1-13(22)20-18-12-11-17(25-18)19(23)21-14-7-9-16(10-8-14)24-15-5-3-2-4-6-15/h2-12H,1H3,(H,20,22)(H,21,23). The Labute approximate surface area is 144 Å². The van der Waals surface area contributed by atoms with E-state index in [4.69, 9.17) is 9.15 Å². The highest BCUT2D eigenvalue weighted by molar-refractivity contribution is 6.02. The van der Waals surface area contributed by atoms with Crippen LogP contribution in [0.2, 0.25) is 0 Å². The molecule has 0 bridgehead atoms. The molecule has 6 nitrogen and oxygen atoms in total. The number of carbonyl (C=O) groups excluding carboxylic acids is 2. The van der Waals surface area contributed by atoms with E-state index < -0.39 is 5.91 Å². The maximum Gasteiger partial charge on any atom is 0.291 e. The van der Waals surface area contributed by atoms with Crippen LogP contribution >= 0.6 is 0 Å².